The molecule has 0 radical (unpaired) electrons. The van der Waals surface area contributed by atoms with Gasteiger partial charge in [0.2, 0.25) is 10.0 Å². The highest BCUT2D eigenvalue weighted by Crippen LogP contribution is 2.19. The highest BCUT2D eigenvalue weighted by molar-refractivity contribution is 7.91. The fraction of sp³-hybridized carbons (Fsp3) is 0.636. The zero-order valence-electron chi connectivity index (χ0n) is 11.1. The Bertz CT molecular complexity index is 459. The van der Waals surface area contributed by atoms with Gasteiger partial charge in [0.15, 0.2) is 0 Å². The van der Waals surface area contributed by atoms with Crippen LogP contribution in [0.5, 0.6) is 0 Å². The molecule has 0 aliphatic rings. The molecule has 1 rings (SSSR count). The van der Waals surface area contributed by atoms with Gasteiger partial charge in [-0.2, -0.15) is 0 Å². The summed E-state index contributed by atoms with van der Waals surface area (Å²) < 4.78 is 36.7. The quantitative estimate of drug-likeness (QED) is 0.612. The Morgan fingerprint density at radius 3 is 2.79 bits per heavy atom. The molecule has 0 spiro atoms. The van der Waals surface area contributed by atoms with Crippen molar-refractivity contribution in [3.05, 3.63) is 17.0 Å². The van der Waals surface area contributed by atoms with Crippen molar-refractivity contribution in [3.63, 3.8) is 0 Å². The normalized spacial score (nSPS) is 11.9. The minimum atomic E-state index is -3.42. The third kappa shape index (κ3) is 5.98. The lowest BCUT2D eigenvalue weighted by atomic mass is 10.3. The van der Waals surface area contributed by atoms with Gasteiger partial charge in [-0.1, -0.05) is 0 Å². The Hall–Kier alpha value is -0.510. The molecule has 0 aromatic carbocycles. The molecule has 0 aliphatic carbocycles. The number of rotatable bonds is 10. The van der Waals surface area contributed by atoms with Crippen LogP contribution in [-0.2, 0) is 26.0 Å². The summed E-state index contributed by atoms with van der Waals surface area (Å²) in [7, 11) is -0.0112. The fourth-order valence-corrected chi connectivity index (χ4v) is 3.62. The Morgan fingerprint density at radius 2 is 2.11 bits per heavy atom. The molecule has 19 heavy (non-hydrogen) atoms. The molecule has 110 valence electrons. The second kappa shape index (κ2) is 8.62. The lowest BCUT2D eigenvalue weighted by Gasteiger charge is -2.05. The van der Waals surface area contributed by atoms with E-state index >= 15 is 0 Å². The monoisotopic (exact) mass is 308 g/mol. The minimum Gasteiger partial charge on any atom is -0.382 e. The fourth-order valence-electron chi connectivity index (χ4n) is 1.35. The van der Waals surface area contributed by atoms with Gasteiger partial charge in [-0.3, -0.25) is 0 Å². The molecule has 0 bridgehead atoms. The number of methoxy groups -OCH3 is 1. The average molecular weight is 308 g/mol. The van der Waals surface area contributed by atoms with E-state index < -0.39 is 10.0 Å². The lowest BCUT2D eigenvalue weighted by Crippen LogP contribution is -2.27. The van der Waals surface area contributed by atoms with Gasteiger partial charge >= 0.3 is 0 Å². The van der Waals surface area contributed by atoms with E-state index in [0.29, 0.717) is 30.6 Å². The number of hydrogen-bond acceptors (Lipinski definition) is 6. The maximum Gasteiger partial charge on any atom is 0.250 e. The van der Waals surface area contributed by atoms with Gasteiger partial charge in [0.25, 0.3) is 0 Å². The van der Waals surface area contributed by atoms with Crippen molar-refractivity contribution in [2.45, 2.75) is 10.8 Å². The maximum absolute atomic E-state index is 11.9. The summed E-state index contributed by atoms with van der Waals surface area (Å²) in [5.41, 5.74) is 0.962. The Balaban J connectivity index is 2.38. The summed E-state index contributed by atoms with van der Waals surface area (Å²) in [6.45, 7) is 2.21. The molecular formula is C11H20N2O4S2. The van der Waals surface area contributed by atoms with E-state index in [9.17, 15) is 8.42 Å². The van der Waals surface area contributed by atoms with E-state index in [4.69, 9.17) is 9.47 Å². The summed E-state index contributed by atoms with van der Waals surface area (Å²) >= 11 is 1.22. The van der Waals surface area contributed by atoms with Crippen LogP contribution >= 0.6 is 11.3 Å². The van der Waals surface area contributed by atoms with Gasteiger partial charge in [0.05, 0.1) is 19.8 Å². The highest BCUT2D eigenvalue weighted by Gasteiger charge is 2.15. The van der Waals surface area contributed by atoms with Crippen LogP contribution < -0.4 is 10.0 Å². The van der Waals surface area contributed by atoms with E-state index in [1.807, 2.05) is 12.4 Å². The van der Waals surface area contributed by atoms with Crippen LogP contribution in [-0.4, -0.2) is 48.9 Å². The van der Waals surface area contributed by atoms with Gasteiger partial charge < -0.3 is 14.8 Å². The molecular weight excluding hydrogens is 288 g/mol. The van der Waals surface area contributed by atoms with E-state index in [2.05, 4.69) is 10.0 Å². The van der Waals surface area contributed by atoms with Gasteiger partial charge in [-0.05, 0) is 24.1 Å². The molecule has 1 aromatic rings. The topological polar surface area (TPSA) is 76.7 Å². The predicted molar refractivity (Wildman–Crippen MR) is 75.0 cm³/mol. The molecule has 0 saturated carbocycles. The molecule has 0 amide bonds. The third-order valence-corrected chi connectivity index (χ3v) is 5.20. The second-order valence-corrected chi connectivity index (χ2v) is 6.71. The van der Waals surface area contributed by atoms with Gasteiger partial charge in [0, 0.05) is 20.2 Å². The summed E-state index contributed by atoms with van der Waals surface area (Å²) in [5, 5.41) is 4.81. The first kappa shape index (κ1) is 16.5. The van der Waals surface area contributed by atoms with Gasteiger partial charge in [-0.15, -0.1) is 11.3 Å². The first-order valence-electron chi connectivity index (χ1n) is 5.88. The zero-order chi connectivity index (χ0) is 14.1. The van der Waals surface area contributed by atoms with Gasteiger partial charge in [0.1, 0.15) is 4.21 Å². The zero-order valence-corrected chi connectivity index (χ0v) is 12.8. The van der Waals surface area contributed by atoms with E-state index in [1.54, 1.807) is 13.2 Å². The Morgan fingerprint density at radius 1 is 1.32 bits per heavy atom. The van der Waals surface area contributed by atoms with E-state index in [0.717, 1.165) is 5.56 Å². The van der Waals surface area contributed by atoms with Crippen LogP contribution in [0.3, 0.4) is 0 Å². The summed E-state index contributed by atoms with van der Waals surface area (Å²) in [4.78, 5) is 0. The SMILES string of the molecule is CNCc1csc(S(=O)(=O)NCCOCCOC)c1. The molecule has 1 aromatic heterocycles. The number of hydrogen-bond donors (Lipinski definition) is 2. The third-order valence-electron chi connectivity index (χ3n) is 2.25. The molecule has 0 saturated heterocycles. The highest BCUT2D eigenvalue weighted by atomic mass is 32.2. The first-order valence-corrected chi connectivity index (χ1v) is 8.25. The minimum absolute atomic E-state index is 0.255. The molecule has 6 nitrogen and oxygen atoms in total. The van der Waals surface area contributed by atoms with Crippen molar-refractivity contribution in [3.8, 4) is 0 Å². The van der Waals surface area contributed by atoms with Gasteiger partial charge in [-0.25, -0.2) is 13.1 Å². The molecule has 8 heteroatoms. The summed E-state index contributed by atoms with van der Waals surface area (Å²) in [6, 6.07) is 1.68. The number of ether oxygens (including phenoxy) is 2. The van der Waals surface area contributed by atoms with Crippen molar-refractivity contribution in [2.75, 3.05) is 40.5 Å². The number of nitrogens with one attached hydrogen (secondary N) is 2. The van der Waals surface area contributed by atoms with Crippen LogP contribution in [0.1, 0.15) is 5.56 Å². The smallest absolute Gasteiger partial charge is 0.250 e. The summed E-state index contributed by atoms with van der Waals surface area (Å²) in [5.74, 6) is 0. The van der Waals surface area contributed by atoms with Crippen LogP contribution in [0.2, 0.25) is 0 Å². The Labute approximate surface area is 118 Å². The van der Waals surface area contributed by atoms with Crippen molar-refractivity contribution < 1.29 is 17.9 Å². The van der Waals surface area contributed by atoms with Crippen molar-refractivity contribution in [1.29, 1.82) is 0 Å². The van der Waals surface area contributed by atoms with Crippen molar-refractivity contribution >= 4 is 21.4 Å². The predicted octanol–water partition coefficient (Wildman–Crippen LogP) is 0.409. The largest absolute Gasteiger partial charge is 0.382 e. The summed E-state index contributed by atoms with van der Waals surface area (Å²) in [6.07, 6.45) is 0. The average Bonchev–Trinajstić information content (AvgIpc) is 2.83. The molecule has 0 fully saturated rings. The Kier molecular flexibility index (Phi) is 7.51. The standard InChI is InChI=1S/C11H20N2O4S2/c1-12-8-10-7-11(18-9-10)19(14,15)13-3-4-17-6-5-16-2/h7,9,12-13H,3-6,8H2,1-2H3. The number of sulfonamides is 1. The maximum atomic E-state index is 11.9. The number of thiophene rings is 1. The first-order chi connectivity index (χ1) is 9.10. The molecule has 1 heterocycles. The van der Waals surface area contributed by atoms with E-state index in [1.165, 1.54) is 11.3 Å². The van der Waals surface area contributed by atoms with Crippen LogP contribution in [0.4, 0.5) is 0 Å². The van der Waals surface area contributed by atoms with Crippen LogP contribution in [0.25, 0.3) is 0 Å². The molecule has 0 unspecified atom stereocenters. The van der Waals surface area contributed by atoms with Crippen molar-refractivity contribution in [1.82, 2.24) is 10.0 Å². The van der Waals surface area contributed by atoms with E-state index in [-0.39, 0.29) is 6.54 Å². The lowest BCUT2D eigenvalue weighted by molar-refractivity contribution is 0.0736. The molecule has 2 N–H and O–H groups in total. The van der Waals surface area contributed by atoms with Crippen LogP contribution in [0.15, 0.2) is 15.7 Å². The molecule has 0 atom stereocenters. The second-order valence-electron chi connectivity index (χ2n) is 3.81. The van der Waals surface area contributed by atoms with Crippen LogP contribution in [0, 0.1) is 0 Å². The molecule has 0 aliphatic heterocycles. The van der Waals surface area contributed by atoms with Crippen molar-refractivity contribution in [2.24, 2.45) is 0 Å².